The second-order valence-electron chi connectivity index (χ2n) is 6.61. The lowest BCUT2D eigenvalue weighted by atomic mass is 9.82. The van der Waals surface area contributed by atoms with E-state index in [0.717, 1.165) is 11.3 Å². The van der Waals surface area contributed by atoms with Crippen molar-refractivity contribution in [3.05, 3.63) is 29.1 Å². The van der Waals surface area contributed by atoms with Crippen LogP contribution in [0.5, 0.6) is 0 Å². The number of aromatic nitrogens is 1. The smallest absolute Gasteiger partial charge is 0.380 e. The summed E-state index contributed by atoms with van der Waals surface area (Å²) in [6.07, 6.45) is -1.30. The number of allylic oxidation sites excluding steroid dienone is 1. The van der Waals surface area contributed by atoms with Crippen LogP contribution in [0.25, 0.3) is 5.57 Å². The zero-order valence-corrected chi connectivity index (χ0v) is 14.8. The molecule has 0 aromatic carbocycles. The standard InChI is InChI=1S/C18H24F3N3O2/c1-2-26-8-6-23-17(25)14-11-24-7-5-22-10-13-4-3-12(9-18(19,20)21)15(14)16(13)24/h4,11-12,22H,2-3,5-10H2,1H3,(H,23,25). The fourth-order valence-electron chi connectivity index (χ4n) is 3.72. The first kappa shape index (κ1) is 19.0. The number of carbonyl (C=O) groups excluding carboxylic acids is 1. The van der Waals surface area contributed by atoms with Crippen LogP contribution in [-0.2, 0) is 11.3 Å². The maximum absolute atomic E-state index is 13.1. The number of nitrogens with one attached hydrogen (secondary N) is 2. The van der Waals surface area contributed by atoms with E-state index in [4.69, 9.17) is 4.74 Å². The van der Waals surface area contributed by atoms with Crippen molar-refractivity contribution in [2.75, 3.05) is 32.8 Å². The predicted octanol–water partition coefficient (Wildman–Crippen LogP) is 2.68. The van der Waals surface area contributed by atoms with E-state index < -0.39 is 18.5 Å². The van der Waals surface area contributed by atoms with Gasteiger partial charge in [-0.25, -0.2) is 0 Å². The first-order chi connectivity index (χ1) is 12.4. The number of nitrogens with zero attached hydrogens (tertiary/aromatic N) is 1. The monoisotopic (exact) mass is 371 g/mol. The van der Waals surface area contributed by atoms with E-state index in [1.165, 1.54) is 0 Å². The molecule has 0 saturated carbocycles. The van der Waals surface area contributed by atoms with Crippen LogP contribution in [0.2, 0.25) is 0 Å². The SMILES string of the molecule is CCOCCNC(=O)c1cn2c3c1C(CC(F)(F)F)CC=C3CNCC2. The molecule has 26 heavy (non-hydrogen) atoms. The molecule has 8 heteroatoms. The van der Waals surface area contributed by atoms with E-state index in [-0.39, 0.29) is 5.91 Å². The Morgan fingerprint density at radius 1 is 1.46 bits per heavy atom. The van der Waals surface area contributed by atoms with E-state index >= 15 is 0 Å². The first-order valence-corrected chi connectivity index (χ1v) is 8.96. The summed E-state index contributed by atoms with van der Waals surface area (Å²) in [5.74, 6) is -1.05. The number of hydrogen-bond acceptors (Lipinski definition) is 3. The molecule has 1 aromatic heterocycles. The highest BCUT2D eigenvalue weighted by molar-refractivity contribution is 5.97. The molecule has 2 aliphatic rings. The Morgan fingerprint density at radius 2 is 2.27 bits per heavy atom. The van der Waals surface area contributed by atoms with Gasteiger partial charge in [-0.2, -0.15) is 13.2 Å². The van der Waals surface area contributed by atoms with Crippen LogP contribution in [0.4, 0.5) is 13.2 Å². The van der Waals surface area contributed by atoms with Gasteiger partial charge in [0.15, 0.2) is 0 Å². The third-order valence-corrected chi connectivity index (χ3v) is 4.78. The molecule has 2 N–H and O–H groups in total. The average molecular weight is 371 g/mol. The zero-order chi connectivity index (χ0) is 18.7. The minimum absolute atomic E-state index is 0.298. The van der Waals surface area contributed by atoms with Crippen molar-refractivity contribution >= 4 is 11.5 Å². The lowest BCUT2D eigenvalue weighted by Crippen LogP contribution is -2.29. The van der Waals surface area contributed by atoms with Crippen LogP contribution in [0, 0.1) is 0 Å². The van der Waals surface area contributed by atoms with E-state index in [1.807, 2.05) is 17.6 Å². The molecule has 5 nitrogen and oxygen atoms in total. The van der Waals surface area contributed by atoms with Crippen molar-refractivity contribution in [3.8, 4) is 0 Å². The Balaban J connectivity index is 1.92. The molecule has 0 fully saturated rings. The van der Waals surface area contributed by atoms with Gasteiger partial charge in [0, 0.05) is 44.7 Å². The van der Waals surface area contributed by atoms with Crippen molar-refractivity contribution in [2.24, 2.45) is 0 Å². The molecular formula is C18H24F3N3O2. The second-order valence-corrected chi connectivity index (χ2v) is 6.61. The minimum Gasteiger partial charge on any atom is -0.380 e. The summed E-state index contributed by atoms with van der Waals surface area (Å²) in [5, 5.41) is 6.04. The van der Waals surface area contributed by atoms with Crippen molar-refractivity contribution in [2.45, 2.75) is 38.4 Å². The molecule has 1 aromatic rings. The van der Waals surface area contributed by atoms with E-state index in [1.54, 1.807) is 6.20 Å². The van der Waals surface area contributed by atoms with Crippen LogP contribution in [-0.4, -0.2) is 49.5 Å². The van der Waals surface area contributed by atoms with Gasteiger partial charge in [-0.1, -0.05) is 6.08 Å². The van der Waals surface area contributed by atoms with E-state index in [2.05, 4.69) is 10.6 Å². The minimum atomic E-state index is -4.27. The number of alkyl halides is 3. The summed E-state index contributed by atoms with van der Waals surface area (Å²) >= 11 is 0. The van der Waals surface area contributed by atoms with Crippen LogP contribution in [0.15, 0.2) is 12.3 Å². The number of carbonyl (C=O) groups is 1. The fraction of sp³-hybridized carbons (Fsp3) is 0.611. The average Bonchev–Trinajstić information content (AvgIpc) is 2.84. The van der Waals surface area contributed by atoms with Gasteiger partial charge in [0.2, 0.25) is 0 Å². The van der Waals surface area contributed by atoms with Crippen LogP contribution in [0.1, 0.15) is 47.3 Å². The lowest BCUT2D eigenvalue weighted by Gasteiger charge is -2.25. The summed E-state index contributed by atoms with van der Waals surface area (Å²) in [5.41, 5.74) is 2.66. The maximum atomic E-state index is 13.1. The van der Waals surface area contributed by atoms with Crippen LogP contribution in [0.3, 0.4) is 0 Å². The maximum Gasteiger partial charge on any atom is 0.389 e. The summed E-state index contributed by atoms with van der Waals surface area (Å²) < 4.78 is 46.4. The summed E-state index contributed by atoms with van der Waals surface area (Å²) in [6, 6.07) is 0. The quantitative estimate of drug-likeness (QED) is 0.756. The second kappa shape index (κ2) is 7.84. The predicted molar refractivity (Wildman–Crippen MR) is 92.1 cm³/mol. The van der Waals surface area contributed by atoms with Gasteiger partial charge in [0.1, 0.15) is 0 Å². The Hall–Kier alpha value is -1.80. The largest absolute Gasteiger partial charge is 0.389 e. The van der Waals surface area contributed by atoms with E-state index in [0.29, 0.717) is 56.9 Å². The Labute approximate surface area is 150 Å². The zero-order valence-electron chi connectivity index (χ0n) is 14.8. The van der Waals surface area contributed by atoms with E-state index in [9.17, 15) is 18.0 Å². The van der Waals surface area contributed by atoms with Gasteiger partial charge in [-0.05, 0) is 30.4 Å². The molecule has 1 amide bonds. The highest BCUT2D eigenvalue weighted by atomic mass is 19.4. The molecule has 0 spiro atoms. The third kappa shape index (κ3) is 4.12. The molecule has 3 rings (SSSR count). The topological polar surface area (TPSA) is 55.3 Å². The number of hydrogen-bond donors (Lipinski definition) is 2. The molecule has 2 heterocycles. The van der Waals surface area contributed by atoms with Gasteiger partial charge in [-0.3, -0.25) is 4.79 Å². The molecule has 1 atom stereocenters. The highest BCUT2D eigenvalue weighted by Crippen LogP contribution is 2.43. The van der Waals surface area contributed by atoms with Crippen LogP contribution < -0.4 is 10.6 Å². The highest BCUT2D eigenvalue weighted by Gasteiger charge is 2.38. The first-order valence-electron chi connectivity index (χ1n) is 8.96. The molecule has 0 saturated heterocycles. The van der Waals surface area contributed by atoms with Gasteiger partial charge < -0.3 is 19.9 Å². The van der Waals surface area contributed by atoms with Crippen molar-refractivity contribution in [3.63, 3.8) is 0 Å². The Bertz CT molecular complexity index is 695. The molecule has 0 bridgehead atoms. The Kier molecular flexibility index (Phi) is 5.72. The van der Waals surface area contributed by atoms with Gasteiger partial charge in [0.05, 0.1) is 18.6 Å². The summed E-state index contributed by atoms with van der Waals surface area (Å²) in [4.78, 5) is 12.6. The number of amides is 1. The Morgan fingerprint density at radius 3 is 3.00 bits per heavy atom. The normalized spacial score (nSPS) is 19.5. The lowest BCUT2D eigenvalue weighted by molar-refractivity contribution is -0.138. The molecule has 1 aliphatic carbocycles. The number of rotatable bonds is 6. The number of halogens is 3. The van der Waals surface area contributed by atoms with Crippen molar-refractivity contribution < 1.29 is 22.7 Å². The fourth-order valence-corrected chi connectivity index (χ4v) is 3.72. The molecule has 1 unspecified atom stereocenters. The van der Waals surface area contributed by atoms with Crippen molar-refractivity contribution in [1.29, 1.82) is 0 Å². The molecule has 1 aliphatic heterocycles. The summed E-state index contributed by atoms with van der Waals surface area (Å²) in [7, 11) is 0. The molecule has 0 radical (unpaired) electrons. The van der Waals surface area contributed by atoms with Gasteiger partial charge in [-0.15, -0.1) is 0 Å². The van der Waals surface area contributed by atoms with Gasteiger partial charge >= 0.3 is 6.18 Å². The number of ether oxygens (including phenoxy) is 1. The van der Waals surface area contributed by atoms with Crippen molar-refractivity contribution in [1.82, 2.24) is 15.2 Å². The summed E-state index contributed by atoms with van der Waals surface area (Å²) in [6.45, 7) is 5.09. The molecule has 144 valence electrons. The third-order valence-electron chi connectivity index (χ3n) is 4.78. The van der Waals surface area contributed by atoms with Crippen LogP contribution >= 0.6 is 0 Å². The van der Waals surface area contributed by atoms with Gasteiger partial charge in [0.25, 0.3) is 5.91 Å². The molecular weight excluding hydrogens is 347 g/mol.